The highest BCUT2D eigenvalue weighted by atomic mass is 15.3. The minimum atomic E-state index is 0.716. The van der Waals surface area contributed by atoms with Crippen molar-refractivity contribution < 1.29 is 0 Å². The van der Waals surface area contributed by atoms with Crippen LogP contribution in [0.4, 0.5) is 0 Å². The highest BCUT2D eigenvalue weighted by Crippen LogP contribution is 1.95. The molecule has 4 heteroatoms. The van der Waals surface area contributed by atoms with E-state index in [9.17, 15) is 0 Å². The van der Waals surface area contributed by atoms with Gasteiger partial charge in [0.1, 0.15) is 0 Å². The lowest BCUT2D eigenvalue weighted by atomic mass is 10.3. The van der Waals surface area contributed by atoms with E-state index in [-0.39, 0.29) is 0 Å². The Bertz CT molecular complexity index is 78.5. The summed E-state index contributed by atoms with van der Waals surface area (Å²) in [7, 11) is 3.65. The Kier molecular flexibility index (Phi) is 6.45. The van der Waals surface area contributed by atoms with E-state index in [0.717, 1.165) is 26.2 Å². The van der Waals surface area contributed by atoms with Crippen molar-refractivity contribution in [1.29, 1.82) is 0 Å². The molecular formula is C7H20N4. The van der Waals surface area contributed by atoms with Gasteiger partial charge >= 0.3 is 0 Å². The molecule has 1 aliphatic heterocycles. The van der Waals surface area contributed by atoms with Crippen molar-refractivity contribution in [3.63, 3.8) is 0 Å². The summed E-state index contributed by atoms with van der Waals surface area (Å²) in [4.78, 5) is 4.59. The van der Waals surface area contributed by atoms with Gasteiger partial charge < -0.3 is 16.4 Å². The van der Waals surface area contributed by atoms with E-state index in [1.54, 1.807) is 0 Å². The summed E-state index contributed by atoms with van der Waals surface area (Å²) >= 11 is 0. The lowest BCUT2D eigenvalue weighted by molar-refractivity contribution is 0.157. The van der Waals surface area contributed by atoms with Gasteiger partial charge in [0.25, 0.3) is 0 Å². The first-order valence-corrected chi connectivity index (χ1v) is 4.01. The molecule has 0 amide bonds. The molecule has 0 aromatic heterocycles. The first kappa shape index (κ1) is 10.8. The van der Waals surface area contributed by atoms with Crippen LogP contribution in [0.15, 0.2) is 0 Å². The van der Waals surface area contributed by atoms with Crippen LogP contribution in [0.25, 0.3) is 0 Å². The maximum atomic E-state index is 5.46. The Hall–Kier alpha value is -0.160. The molecule has 4 N–H and O–H groups in total. The van der Waals surface area contributed by atoms with Crippen molar-refractivity contribution in [2.45, 2.75) is 0 Å². The van der Waals surface area contributed by atoms with Crippen LogP contribution in [0.5, 0.6) is 0 Å². The predicted octanol–water partition coefficient (Wildman–Crippen LogP) is -1.28. The molecule has 0 spiro atoms. The molecule has 0 unspecified atom stereocenters. The fourth-order valence-electron chi connectivity index (χ4n) is 1.03. The summed E-state index contributed by atoms with van der Waals surface area (Å²) < 4.78 is 0. The number of likely N-dealkylation sites (N-methyl/N-ethyl adjacent to an activating group) is 1. The molecule has 1 fully saturated rings. The van der Waals surface area contributed by atoms with Crippen molar-refractivity contribution >= 4 is 0 Å². The highest BCUT2D eigenvalue weighted by molar-refractivity contribution is 4.66. The van der Waals surface area contributed by atoms with Crippen molar-refractivity contribution in [2.75, 3.05) is 46.9 Å². The van der Waals surface area contributed by atoms with Gasteiger partial charge in [0.2, 0.25) is 0 Å². The number of hydrogen-bond acceptors (Lipinski definition) is 4. The van der Waals surface area contributed by atoms with Crippen LogP contribution in [0, 0.1) is 0 Å². The molecule has 11 heavy (non-hydrogen) atoms. The maximum Gasteiger partial charge on any atom is 0.0456 e. The zero-order valence-electron chi connectivity index (χ0n) is 7.58. The van der Waals surface area contributed by atoms with E-state index in [4.69, 9.17) is 5.73 Å². The summed E-state index contributed by atoms with van der Waals surface area (Å²) in [6.07, 6.45) is 0. The van der Waals surface area contributed by atoms with E-state index in [0.29, 0.717) is 6.67 Å². The molecule has 1 aliphatic rings. The lowest BCUT2D eigenvalue weighted by Gasteiger charge is -2.30. The second-order valence-corrected chi connectivity index (χ2v) is 2.60. The SMILES string of the molecule is CN.CN1CCN(CN)CC1. The zero-order chi connectivity index (χ0) is 8.69. The van der Waals surface area contributed by atoms with Crippen LogP contribution < -0.4 is 11.5 Å². The summed E-state index contributed by atoms with van der Waals surface area (Å²) in [5, 5.41) is 0. The average molecular weight is 160 g/mol. The van der Waals surface area contributed by atoms with Gasteiger partial charge in [-0.25, -0.2) is 0 Å². The van der Waals surface area contributed by atoms with Crippen LogP contribution in [-0.2, 0) is 0 Å². The smallest absolute Gasteiger partial charge is 0.0456 e. The number of piperazine rings is 1. The maximum absolute atomic E-state index is 5.46. The summed E-state index contributed by atoms with van der Waals surface area (Å²) in [6, 6.07) is 0. The highest BCUT2D eigenvalue weighted by Gasteiger charge is 2.10. The van der Waals surface area contributed by atoms with Crippen molar-refractivity contribution in [3.8, 4) is 0 Å². The fraction of sp³-hybridized carbons (Fsp3) is 1.00. The average Bonchev–Trinajstić information content (AvgIpc) is 2.10. The predicted molar refractivity (Wildman–Crippen MR) is 48.2 cm³/mol. The van der Waals surface area contributed by atoms with Gasteiger partial charge in [-0.3, -0.25) is 4.90 Å². The fourth-order valence-corrected chi connectivity index (χ4v) is 1.03. The topological polar surface area (TPSA) is 58.5 Å². The van der Waals surface area contributed by atoms with Gasteiger partial charge in [0.15, 0.2) is 0 Å². The molecule has 0 radical (unpaired) electrons. The van der Waals surface area contributed by atoms with Crippen LogP contribution >= 0.6 is 0 Å². The number of nitrogens with two attached hydrogens (primary N) is 2. The zero-order valence-corrected chi connectivity index (χ0v) is 7.58. The first-order valence-electron chi connectivity index (χ1n) is 4.01. The molecule has 0 aromatic carbocycles. The van der Waals surface area contributed by atoms with Gasteiger partial charge in [-0.1, -0.05) is 0 Å². The Morgan fingerprint density at radius 3 is 1.91 bits per heavy atom. The van der Waals surface area contributed by atoms with Crippen molar-refractivity contribution in [1.82, 2.24) is 9.80 Å². The summed E-state index contributed by atoms with van der Waals surface area (Å²) in [5.74, 6) is 0. The van der Waals surface area contributed by atoms with E-state index < -0.39 is 0 Å². The van der Waals surface area contributed by atoms with Crippen LogP contribution in [0.2, 0.25) is 0 Å². The molecule has 1 saturated heterocycles. The third kappa shape index (κ3) is 4.31. The van der Waals surface area contributed by atoms with Crippen molar-refractivity contribution in [2.24, 2.45) is 11.5 Å². The second kappa shape index (κ2) is 6.54. The van der Waals surface area contributed by atoms with Gasteiger partial charge in [-0.05, 0) is 14.1 Å². The van der Waals surface area contributed by atoms with Crippen molar-refractivity contribution in [3.05, 3.63) is 0 Å². The molecule has 0 aromatic rings. The Balaban J connectivity index is 0.000000461. The normalized spacial score (nSPS) is 20.7. The molecule has 68 valence electrons. The van der Waals surface area contributed by atoms with E-state index in [1.165, 1.54) is 7.05 Å². The first-order chi connectivity index (χ1) is 5.33. The van der Waals surface area contributed by atoms with Crippen LogP contribution in [0.3, 0.4) is 0 Å². The molecular weight excluding hydrogens is 140 g/mol. The number of rotatable bonds is 1. The number of hydrogen-bond donors (Lipinski definition) is 2. The Morgan fingerprint density at radius 1 is 1.09 bits per heavy atom. The quantitative estimate of drug-likeness (QED) is 0.502. The molecule has 4 nitrogen and oxygen atoms in total. The lowest BCUT2D eigenvalue weighted by Crippen LogP contribution is -2.46. The second-order valence-electron chi connectivity index (χ2n) is 2.60. The Labute approximate surface area is 69.1 Å². The van der Waals surface area contributed by atoms with E-state index in [2.05, 4.69) is 22.6 Å². The standard InChI is InChI=1S/C6H15N3.CH5N/c1-8-2-4-9(6-7)5-3-8;1-2/h2-7H2,1H3;2H2,1H3. The van der Waals surface area contributed by atoms with E-state index >= 15 is 0 Å². The summed E-state index contributed by atoms with van der Waals surface area (Å²) in [5.41, 5.74) is 9.96. The number of nitrogens with zero attached hydrogens (tertiary/aromatic N) is 2. The van der Waals surface area contributed by atoms with E-state index in [1.807, 2.05) is 0 Å². The minimum absolute atomic E-state index is 0.716. The summed E-state index contributed by atoms with van der Waals surface area (Å²) in [6.45, 7) is 5.31. The third-order valence-corrected chi connectivity index (χ3v) is 1.85. The molecule has 0 saturated carbocycles. The van der Waals surface area contributed by atoms with Crippen LogP contribution in [0.1, 0.15) is 0 Å². The molecule has 1 rings (SSSR count). The van der Waals surface area contributed by atoms with Gasteiger partial charge in [-0.2, -0.15) is 0 Å². The van der Waals surface area contributed by atoms with Gasteiger partial charge in [-0.15, -0.1) is 0 Å². The molecule has 0 aliphatic carbocycles. The monoisotopic (exact) mass is 160 g/mol. The minimum Gasteiger partial charge on any atom is -0.333 e. The van der Waals surface area contributed by atoms with Gasteiger partial charge in [0.05, 0.1) is 0 Å². The Morgan fingerprint density at radius 2 is 1.55 bits per heavy atom. The largest absolute Gasteiger partial charge is 0.333 e. The van der Waals surface area contributed by atoms with Crippen LogP contribution in [-0.4, -0.2) is 56.7 Å². The molecule has 0 atom stereocenters. The third-order valence-electron chi connectivity index (χ3n) is 1.85. The molecule has 1 heterocycles. The van der Waals surface area contributed by atoms with Gasteiger partial charge in [0, 0.05) is 32.8 Å². The molecule has 0 bridgehead atoms.